The molecule has 0 radical (unpaired) electrons. The van der Waals surface area contributed by atoms with Crippen LogP contribution in [0, 0.1) is 50.2 Å². The van der Waals surface area contributed by atoms with Crippen molar-refractivity contribution in [1.82, 2.24) is 0 Å². The van der Waals surface area contributed by atoms with E-state index in [1.54, 1.807) is 0 Å². The summed E-state index contributed by atoms with van der Waals surface area (Å²) in [5.74, 6) is 1.20. The minimum atomic E-state index is -0.269. The van der Waals surface area contributed by atoms with Crippen molar-refractivity contribution in [2.24, 2.45) is 50.2 Å². The smallest absolute Gasteiger partial charge is 0.159 e. The van der Waals surface area contributed by atoms with E-state index in [0.717, 1.165) is 44.9 Å². The molecule has 33 heavy (non-hydrogen) atoms. The summed E-state index contributed by atoms with van der Waals surface area (Å²) < 4.78 is 0. The molecular formula is C30H48O3. The van der Waals surface area contributed by atoms with Crippen molar-refractivity contribution in [1.29, 1.82) is 0 Å². The SMILES string of the molecule is CC1(C)C2CC[C@]3(C)[C@H](C(=O)C=C4[C@H]5C[C@@](C)(CO)CC[C@]5(C)CC[C@]43C)[C@@]2(C)CC[C@@H]1O. The largest absolute Gasteiger partial charge is 0.396 e. The molecule has 0 aromatic rings. The first-order valence-electron chi connectivity index (χ1n) is 13.7. The maximum atomic E-state index is 14.2. The van der Waals surface area contributed by atoms with Crippen LogP contribution in [0.3, 0.4) is 0 Å². The molecule has 0 spiro atoms. The zero-order valence-corrected chi connectivity index (χ0v) is 22.3. The van der Waals surface area contributed by atoms with E-state index < -0.39 is 0 Å². The van der Waals surface area contributed by atoms with E-state index in [-0.39, 0.29) is 51.1 Å². The van der Waals surface area contributed by atoms with Gasteiger partial charge in [0.05, 0.1) is 6.10 Å². The van der Waals surface area contributed by atoms with E-state index in [9.17, 15) is 15.0 Å². The number of hydrogen-bond donors (Lipinski definition) is 2. The molecular weight excluding hydrogens is 408 g/mol. The van der Waals surface area contributed by atoms with Crippen LogP contribution < -0.4 is 0 Å². The van der Waals surface area contributed by atoms with Crippen LogP contribution >= 0.6 is 0 Å². The first kappa shape index (κ1) is 24.0. The first-order chi connectivity index (χ1) is 15.2. The minimum absolute atomic E-state index is 0.0305. The van der Waals surface area contributed by atoms with Gasteiger partial charge in [0.1, 0.15) is 0 Å². The van der Waals surface area contributed by atoms with Crippen molar-refractivity contribution in [2.75, 3.05) is 6.61 Å². The van der Waals surface area contributed by atoms with Gasteiger partial charge < -0.3 is 10.2 Å². The number of rotatable bonds is 1. The van der Waals surface area contributed by atoms with Gasteiger partial charge in [-0.2, -0.15) is 0 Å². The third kappa shape index (κ3) is 2.90. The molecule has 0 aromatic heterocycles. The van der Waals surface area contributed by atoms with Gasteiger partial charge in [-0.25, -0.2) is 0 Å². The number of aliphatic hydroxyl groups is 2. The topological polar surface area (TPSA) is 57.5 Å². The Labute approximate surface area is 201 Å². The molecule has 5 aliphatic carbocycles. The standard InChI is InChI=1S/C30H48O3/c1-25(2)22-8-11-30(7)24(28(22,5)10-9-23(25)33)21(32)16-19-20-17-26(3,18-31)12-13-27(20,4)14-15-29(19,30)6/h16,20,22-24,31,33H,8-15,17-18H2,1-7H3/t20-,22?,23+,24-,26+,27-,28+,29-,30-/m1/s1. The van der Waals surface area contributed by atoms with Crippen molar-refractivity contribution in [2.45, 2.75) is 112 Å². The van der Waals surface area contributed by atoms with Gasteiger partial charge in [-0.3, -0.25) is 4.79 Å². The van der Waals surface area contributed by atoms with E-state index in [4.69, 9.17) is 0 Å². The second kappa shape index (κ2) is 6.96. The Morgan fingerprint density at radius 1 is 0.909 bits per heavy atom. The van der Waals surface area contributed by atoms with E-state index in [1.807, 2.05) is 0 Å². The molecule has 0 bridgehead atoms. The van der Waals surface area contributed by atoms with E-state index in [2.05, 4.69) is 54.5 Å². The van der Waals surface area contributed by atoms with Gasteiger partial charge in [0.25, 0.3) is 0 Å². The lowest BCUT2D eigenvalue weighted by Crippen LogP contribution is -2.66. The molecule has 2 N–H and O–H groups in total. The van der Waals surface area contributed by atoms with Crippen LogP contribution in [0.15, 0.2) is 11.6 Å². The first-order valence-corrected chi connectivity index (χ1v) is 13.7. The summed E-state index contributed by atoms with van der Waals surface area (Å²) in [7, 11) is 0. The van der Waals surface area contributed by atoms with E-state index in [0.29, 0.717) is 17.6 Å². The normalized spacial score (nSPS) is 55.5. The lowest BCUT2D eigenvalue weighted by Gasteiger charge is -2.70. The molecule has 3 nitrogen and oxygen atoms in total. The number of carbonyl (C=O) groups excluding carboxylic acids is 1. The lowest BCUT2D eigenvalue weighted by molar-refractivity contribution is -0.202. The molecule has 0 aliphatic heterocycles. The summed E-state index contributed by atoms with van der Waals surface area (Å²) in [6.07, 6.45) is 11.5. The molecule has 4 fully saturated rings. The van der Waals surface area contributed by atoms with Crippen LogP contribution in [0.25, 0.3) is 0 Å². The Hall–Kier alpha value is -0.670. The highest BCUT2D eigenvalue weighted by Gasteiger charge is 2.70. The summed E-state index contributed by atoms with van der Waals surface area (Å²) >= 11 is 0. The highest BCUT2D eigenvalue weighted by atomic mass is 16.3. The van der Waals surface area contributed by atoms with Gasteiger partial charge in [-0.15, -0.1) is 0 Å². The number of carbonyl (C=O) groups is 1. The molecule has 5 aliphatic rings. The van der Waals surface area contributed by atoms with Gasteiger partial charge in [0.2, 0.25) is 0 Å². The van der Waals surface area contributed by atoms with Crippen molar-refractivity contribution < 1.29 is 15.0 Å². The fraction of sp³-hybridized carbons (Fsp3) is 0.900. The predicted molar refractivity (Wildman–Crippen MR) is 133 cm³/mol. The summed E-state index contributed by atoms with van der Waals surface area (Å²) in [6.45, 7) is 16.8. The Balaban J connectivity index is 1.62. The molecule has 3 heteroatoms. The van der Waals surface area contributed by atoms with Gasteiger partial charge in [0.15, 0.2) is 5.78 Å². The van der Waals surface area contributed by atoms with Crippen molar-refractivity contribution >= 4 is 5.78 Å². The Bertz CT molecular complexity index is 889. The molecule has 0 heterocycles. The Kier molecular flexibility index (Phi) is 5.07. The number of ketones is 1. The maximum absolute atomic E-state index is 14.2. The third-order valence-corrected chi connectivity index (χ3v) is 13.0. The number of aliphatic hydroxyl groups excluding tert-OH is 2. The quantitative estimate of drug-likeness (QED) is 0.485. The average molecular weight is 457 g/mol. The Morgan fingerprint density at radius 2 is 1.58 bits per heavy atom. The maximum Gasteiger partial charge on any atom is 0.159 e. The highest BCUT2D eigenvalue weighted by Crippen LogP contribution is 2.75. The minimum Gasteiger partial charge on any atom is -0.396 e. The fourth-order valence-electron chi connectivity index (χ4n) is 10.4. The summed E-state index contributed by atoms with van der Waals surface area (Å²) in [5, 5.41) is 21.1. The number of hydrogen-bond acceptors (Lipinski definition) is 3. The summed E-state index contributed by atoms with van der Waals surface area (Å²) in [4.78, 5) is 14.2. The van der Waals surface area contributed by atoms with E-state index >= 15 is 0 Å². The fourth-order valence-corrected chi connectivity index (χ4v) is 10.4. The second-order valence-corrected chi connectivity index (χ2v) is 15.0. The molecule has 0 amide bonds. The van der Waals surface area contributed by atoms with Crippen molar-refractivity contribution in [3.63, 3.8) is 0 Å². The summed E-state index contributed by atoms with van der Waals surface area (Å²) in [6, 6.07) is 0. The molecule has 0 saturated heterocycles. The van der Waals surface area contributed by atoms with Gasteiger partial charge in [-0.05, 0) is 108 Å². The van der Waals surface area contributed by atoms with Crippen LogP contribution in [0.2, 0.25) is 0 Å². The molecule has 186 valence electrons. The van der Waals surface area contributed by atoms with Crippen LogP contribution in [-0.2, 0) is 4.79 Å². The number of allylic oxidation sites excluding steroid dienone is 2. The third-order valence-electron chi connectivity index (χ3n) is 13.0. The lowest BCUT2D eigenvalue weighted by atomic mass is 9.33. The molecule has 0 aromatic carbocycles. The van der Waals surface area contributed by atoms with Crippen molar-refractivity contribution in [3.8, 4) is 0 Å². The molecule has 4 saturated carbocycles. The van der Waals surface area contributed by atoms with Crippen LogP contribution in [-0.4, -0.2) is 28.7 Å². The van der Waals surface area contributed by atoms with Crippen molar-refractivity contribution in [3.05, 3.63) is 11.6 Å². The van der Waals surface area contributed by atoms with Crippen LogP contribution in [0.1, 0.15) is 106 Å². The Morgan fingerprint density at radius 3 is 2.24 bits per heavy atom. The van der Waals surface area contributed by atoms with Gasteiger partial charge >= 0.3 is 0 Å². The van der Waals surface area contributed by atoms with E-state index in [1.165, 1.54) is 18.4 Å². The van der Waals surface area contributed by atoms with Gasteiger partial charge in [-0.1, -0.05) is 54.0 Å². The number of fused-ring (bicyclic) bond motifs is 7. The second-order valence-electron chi connectivity index (χ2n) is 15.0. The zero-order valence-electron chi connectivity index (χ0n) is 22.3. The average Bonchev–Trinajstić information content (AvgIpc) is 2.74. The van der Waals surface area contributed by atoms with Gasteiger partial charge in [0, 0.05) is 12.5 Å². The summed E-state index contributed by atoms with van der Waals surface area (Å²) in [5.41, 5.74) is 1.46. The molecule has 5 rings (SSSR count). The zero-order chi connectivity index (χ0) is 24.2. The van der Waals surface area contributed by atoms with Crippen LogP contribution in [0.4, 0.5) is 0 Å². The van der Waals surface area contributed by atoms with Crippen LogP contribution in [0.5, 0.6) is 0 Å². The molecule has 9 atom stereocenters. The predicted octanol–water partition coefficient (Wildman–Crippen LogP) is 6.32. The monoisotopic (exact) mass is 456 g/mol. The highest BCUT2D eigenvalue weighted by molar-refractivity contribution is 5.95. The molecule has 1 unspecified atom stereocenters.